The molecule has 0 aromatic heterocycles. The molecule has 198 valence electrons. The van der Waals surface area contributed by atoms with E-state index in [0.717, 1.165) is 25.7 Å². The first kappa shape index (κ1) is 32.0. The third-order valence-electron chi connectivity index (χ3n) is 3.98. The number of hydrogen-bond acceptors (Lipinski definition) is 10. The Morgan fingerprint density at radius 2 is 1.29 bits per heavy atom. The van der Waals surface area contributed by atoms with Gasteiger partial charge in [0.1, 0.15) is 12.2 Å². The van der Waals surface area contributed by atoms with Crippen LogP contribution in [0.25, 0.3) is 0 Å². The molecule has 0 fully saturated rings. The summed E-state index contributed by atoms with van der Waals surface area (Å²) in [5.41, 5.74) is -0.480. The van der Waals surface area contributed by atoms with E-state index in [0.29, 0.717) is 65.9 Å². The fourth-order valence-electron chi connectivity index (χ4n) is 2.46. The minimum absolute atomic E-state index is 0.173. The monoisotopic (exact) mass is 490 g/mol. The lowest BCUT2D eigenvalue weighted by molar-refractivity contribution is -0.156. The number of amides is 1. The molecular weight excluding hydrogens is 448 g/mol. The number of unbranched alkanes of at least 4 members (excludes halogenated alkanes) is 3. The van der Waals surface area contributed by atoms with Crippen molar-refractivity contribution in [3.63, 3.8) is 0 Å². The van der Waals surface area contributed by atoms with E-state index in [4.69, 9.17) is 28.4 Å². The summed E-state index contributed by atoms with van der Waals surface area (Å²) in [6, 6.07) is 0. The third kappa shape index (κ3) is 26.2. The first-order valence-electron chi connectivity index (χ1n) is 11.8. The van der Waals surface area contributed by atoms with Gasteiger partial charge in [0, 0.05) is 6.54 Å². The Hall–Kier alpha value is -2.04. The minimum atomic E-state index is -0.480. The Kier molecular flexibility index (Phi) is 21.4. The van der Waals surface area contributed by atoms with Crippen molar-refractivity contribution in [3.8, 4) is 0 Å². The smallest absolute Gasteiger partial charge is 0.407 e. The van der Waals surface area contributed by atoms with Crippen LogP contribution in [-0.2, 0) is 38.0 Å². The predicted octanol–water partition coefficient (Wildman–Crippen LogP) is 2.41. The molecular formula is C23H42N2O9. The summed E-state index contributed by atoms with van der Waals surface area (Å²) in [7, 11) is 0. The van der Waals surface area contributed by atoms with Crippen LogP contribution in [0, 0.1) is 0 Å². The van der Waals surface area contributed by atoms with Crippen LogP contribution in [0.3, 0.4) is 0 Å². The van der Waals surface area contributed by atoms with Crippen LogP contribution < -0.4 is 5.32 Å². The standard InChI is InChI=1S/C23H42N2O9/c1-23(2,3)34-21(27)8-11-29-12-13-30-14-15-31-16-17-32-18-19-33-22(28)25-10-7-5-4-6-9-24-20-26/h4-19H2,1-3H3,(H,25,28). The van der Waals surface area contributed by atoms with E-state index < -0.39 is 11.7 Å². The summed E-state index contributed by atoms with van der Waals surface area (Å²) in [6.07, 6.45) is 4.87. The zero-order chi connectivity index (χ0) is 25.3. The van der Waals surface area contributed by atoms with Crippen molar-refractivity contribution in [2.75, 3.05) is 72.6 Å². The number of alkyl carbamates (subject to hydrolysis) is 1. The highest BCUT2D eigenvalue weighted by molar-refractivity contribution is 5.69. The zero-order valence-electron chi connectivity index (χ0n) is 20.9. The number of carbonyl (C=O) groups excluding carboxylic acids is 3. The van der Waals surface area contributed by atoms with Gasteiger partial charge in [-0.15, -0.1) is 0 Å². The molecule has 34 heavy (non-hydrogen) atoms. The summed E-state index contributed by atoms with van der Waals surface area (Å²) in [6.45, 7) is 9.81. The summed E-state index contributed by atoms with van der Waals surface area (Å²) in [5, 5.41) is 2.67. The molecule has 0 heterocycles. The number of rotatable bonds is 22. The molecule has 0 saturated heterocycles. The van der Waals surface area contributed by atoms with Crippen molar-refractivity contribution in [3.05, 3.63) is 0 Å². The maximum Gasteiger partial charge on any atom is 0.407 e. The first-order valence-corrected chi connectivity index (χ1v) is 11.8. The number of isocyanates is 1. The highest BCUT2D eigenvalue weighted by atomic mass is 16.6. The summed E-state index contributed by atoms with van der Waals surface area (Å²) < 4.78 is 31.6. The number of nitrogens with one attached hydrogen (secondary N) is 1. The molecule has 0 aliphatic carbocycles. The van der Waals surface area contributed by atoms with E-state index in [1.807, 2.05) is 20.8 Å². The fourth-order valence-corrected chi connectivity index (χ4v) is 2.46. The van der Waals surface area contributed by atoms with Crippen molar-refractivity contribution in [1.29, 1.82) is 0 Å². The summed E-state index contributed by atoms with van der Waals surface area (Å²) in [5.74, 6) is -0.277. The number of ether oxygens (including phenoxy) is 6. The van der Waals surface area contributed by atoms with E-state index in [1.165, 1.54) is 6.08 Å². The van der Waals surface area contributed by atoms with Crippen molar-refractivity contribution in [1.82, 2.24) is 5.32 Å². The van der Waals surface area contributed by atoms with E-state index in [2.05, 4.69) is 10.3 Å². The van der Waals surface area contributed by atoms with Gasteiger partial charge in [-0.3, -0.25) is 4.79 Å². The van der Waals surface area contributed by atoms with E-state index in [1.54, 1.807) is 0 Å². The topological polar surface area (TPSA) is 131 Å². The predicted molar refractivity (Wildman–Crippen MR) is 125 cm³/mol. The molecule has 11 heteroatoms. The van der Waals surface area contributed by atoms with Crippen LogP contribution in [0.1, 0.15) is 52.9 Å². The lowest BCUT2D eigenvalue weighted by atomic mass is 10.2. The number of carbonyl (C=O) groups is 2. The van der Waals surface area contributed by atoms with Crippen LogP contribution in [0.15, 0.2) is 4.99 Å². The Labute approximate surface area is 202 Å². The van der Waals surface area contributed by atoms with Gasteiger partial charge >= 0.3 is 12.1 Å². The second kappa shape index (κ2) is 22.7. The van der Waals surface area contributed by atoms with Gasteiger partial charge < -0.3 is 33.7 Å². The van der Waals surface area contributed by atoms with Crippen molar-refractivity contribution < 1.29 is 42.8 Å². The highest BCUT2D eigenvalue weighted by Gasteiger charge is 2.15. The maximum atomic E-state index is 11.5. The maximum absolute atomic E-state index is 11.5. The van der Waals surface area contributed by atoms with Gasteiger partial charge in [0.2, 0.25) is 6.08 Å². The molecule has 0 bridgehead atoms. The molecule has 11 nitrogen and oxygen atoms in total. The van der Waals surface area contributed by atoms with Gasteiger partial charge in [-0.2, -0.15) is 0 Å². The number of hydrogen-bond donors (Lipinski definition) is 1. The van der Waals surface area contributed by atoms with Crippen molar-refractivity contribution in [2.24, 2.45) is 4.99 Å². The molecule has 1 amide bonds. The fraction of sp³-hybridized carbons (Fsp3) is 0.870. The summed E-state index contributed by atoms with van der Waals surface area (Å²) >= 11 is 0. The Balaban J connectivity index is 3.24. The molecule has 0 aliphatic rings. The Bertz CT molecular complexity index is 561. The van der Waals surface area contributed by atoms with Crippen molar-refractivity contribution >= 4 is 18.1 Å². The van der Waals surface area contributed by atoms with Gasteiger partial charge in [0.25, 0.3) is 0 Å². The molecule has 0 rings (SSSR count). The molecule has 0 unspecified atom stereocenters. The lowest BCUT2D eigenvalue weighted by Gasteiger charge is -2.19. The largest absolute Gasteiger partial charge is 0.460 e. The van der Waals surface area contributed by atoms with Gasteiger partial charge in [-0.25, -0.2) is 14.6 Å². The van der Waals surface area contributed by atoms with E-state index >= 15 is 0 Å². The van der Waals surface area contributed by atoms with Gasteiger partial charge in [0.05, 0.1) is 65.8 Å². The average Bonchev–Trinajstić information content (AvgIpc) is 2.77. The number of aliphatic imine (C=N–C) groups is 1. The Morgan fingerprint density at radius 1 is 0.765 bits per heavy atom. The third-order valence-corrected chi connectivity index (χ3v) is 3.98. The van der Waals surface area contributed by atoms with Crippen LogP contribution in [0.4, 0.5) is 4.79 Å². The second-order valence-corrected chi connectivity index (χ2v) is 8.24. The molecule has 0 aliphatic heterocycles. The summed E-state index contributed by atoms with van der Waals surface area (Å²) in [4.78, 5) is 36.4. The SMILES string of the molecule is CC(C)(C)OC(=O)CCOCCOCCOCCOCCOC(=O)NCCCCCCN=C=O. The lowest BCUT2D eigenvalue weighted by Crippen LogP contribution is -2.26. The molecule has 0 saturated carbocycles. The van der Waals surface area contributed by atoms with E-state index in [-0.39, 0.29) is 19.0 Å². The average molecular weight is 491 g/mol. The first-order chi connectivity index (χ1) is 16.3. The molecule has 0 spiro atoms. The number of nitrogens with zero attached hydrogens (tertiary/aromatic N) is 1. The molecule has 0 aromatic carbocycles. The molecule has 0 atom stereocenters. The van der Waals surface area contributed by atoms with Crippen LogP contribution in [0.2, 0.25) is 0 Å². The van der Waals surface area contributed by atoms with Crippen molar-refractivity contribution in [2.45, 2.75) is 58.5 Å². The molecule has 0 aromatic rings. The van der Waals surface area contributed by atoms with Crippen LogP contribution in [-0.4, -0.2) is 96.3 Å². The van der Waals surface area contributed by atoms with Gasteiger partial charge in [-0.05, 0) is 33.6 Å². The van der Waals surface area contributed by atoms with Crippen LogP contribution >= 0.6 is 0 Å². The Morgan fingerprint density at radius 3 is 1.85 bits per heavy atom. The van der Waals surface area contributed by atoms with Crippen LogP contribution in [0.5, 0.6) is 0 Å². The number of esters is 1. The quantitative estimate of drug-likeness (QED) is 0.105. The normalized spacial score (nSPS) is 11.0. The molecule has 0 radical (unpaired) electrons. The highest BCUT2D eigenvalue weighted by Crippen LogP contribution is 2.08. The van der Waals surface area contributed by atoms with Gasteiger partial charge in [-0.1, -0.05) is 12.8 Å². The van der Waals surface area contributed by atoms with E-state index in [9.17, 15) is 14.4 Å². The zero-order valence-corrected chi connectivity index (χ0v) is 20.9. The minimum Gasteiger partial charge on any atom is -0.460 e. The second-order valence-electron chi connectivity index (χ2n) is 8.24. The van der Waals surface area contributed by atoms with Gasteiger partial charge in [0.15, 0.2) is 0 Å². The molecule has 1 N–H and O–H groups in total.